The quantitative estimate of drug-likeness (QED) is 0.747. The van der Waals surface area contributed by atoms with Gasteiger partial charge < -0.3 is 10.1 Å². The molecule has 0 fully saturated rings. The third-order valence-electron chi connectivity index (χ3n) is 2.44. The molecule has 1 aromatic rings. The second kappa shape index (κ2) is 5.56. The fourth-order valence-corrected chi connectivity index (χ4v) is 1.54. The van der Waals surface area contributed by atoms with Crippen molar-refractivity contribution in [3.05, 3.63) is 23.5 Å². The molecule has 0 aromatic carbocycles. The second-order valence-electron chi connectivity index (χ2n) is 3.54. The summed E-state index contributed by atoms with van der Waals surface area (Å²) in [6.45, 7) is 7.09. The first-order valence-electron chi connectivity index (χ1n) is 5.26. The summed E-state index contributed by atoms with van der Waals surface area (Å²) in [6.07, 6.45) is 0.0677. The lowest BCUT2D eigenvalue weighted by Gasteiger charge is -2.16. The summed E-state index contributed by atoms with van der Waals surface area (Å²) in [5.74, 6) is -0.800. The number of aromatic nitrogens is 1. The van der Waals surface area contributed by atoms with Gasteiger partial charge in [0.2, 0.25) is 0 Å². The van der Waals surface area contributed by atoms with Crippen molar-refractivity contribution >= 4 is 5.97 Å². The molecule has 0 aliphatic rings. The van der Waals surface area contributed by atoms with Crippen molar-refractivity contribution in [1.82, 2.24) is 9.88 Å². The van der Waals surface area contributed by atoms with Gasteiger partial charge in [-0.05, 0) is 25.2 Å². The lowest BCUT2D eigenvalue weighted by atomic mass is 10.3. The molecule has 0 spiro atoms. The number of rotatable bonds is 6. The van der Waals surface area contributed by atoms with E-state index in [1.807, 2.05) is 12.1 Å². The Balaban J connectivity index is 2.55. The number of H-pyrrole nitrogens is 1. The molecular weight excluding hydrogens is 192 g/mol. The first kappa shape index (κ1) is 11.8. The molecule has 84 valence electrons. The van der Waals surface area contributed by atoms with E-state index in [0.29, 0.717) is 0 Å². The molecule has 0 saturated heterocycles. The number of nitrogens with zero attached hydrogens (tertiary/aromatic N) is 1. The predicted octanol–water partition coefficient (Wildman–Crippen LogP) is 1.48. The molecule has 4 nitrogen and oxygen atoms in total. The van der Waals surface area contributed by atoms with E-state index in [0.717, 1.165) is 31.0 Å². The van der Waals surface area contributed by atoms with E-state index in [1.165, 1.54) is 0 Å². The number of hydrogen-bond acceptors (Lipinski definition) is 2. The minimum atomic E-state index is -0.800. The third kappa shape index (κ3) is 3.75. The molecule has 1 rings (SSSR count). The number of nitrogens with one attached hydrogen (secondary N) is 1. The molecule has 0 atom stereocenters. The number of carboxylic acid groups (broad SMARTS) is 1. The molecule has 0 aliphatic carbocycles. The van der Waals surface area contributed by atoms with Gasteiger partial charge >= 0.3 is 5.97 Å². The van der Waals surface area contributed by atoms with E-state index >= 15 is 0 Å². The maximum atomic E-state index is 10.5. The van der Waals surface area contributed by atoms with Crippen LogP contribution in [0.15, 0.2) is 12.1 Å². The Bertz CT molecular complexity index is 316. The van der Waals surface area contributed by atoms with E-state index in [9.17, 15) is 4.79 Å². The highest BCUT2D eigenvalue weighted by Crippen LogP contribution is 2.06. The number of carboxylic acids is 1. The van der Waals surface area contributed by atoms with Crippen molar-refractivity contribution in [2.24, 2.45) is 0 Å². The fraction of sp³-hybridized carbons (Fsp3) is 0.545. The van der Waals surface area contributed by atoms with E-state index < -0.39 is 5.97 Å². The highest BCUT2D eigenvalue weighted by Gasteiger charge is 2.05. The SMILES string of the molecule is CCN(CC)Cc1ccc(CC(=O)O)[nH]1. The number of hydrogen-bond donors (Lipinski definition) is 2. The summed E-state index contributed by atoms with van der Waals surface area (Å²) in [4.78, 5) is 15.9. The molecule has 15 heavy (non-hydrogen) atoms. The summed E-state index contributed by atoms with van der Waals surface area (Å²) < 4.78 is 0. The standard InChI is InChI=1S/C11H18N2O2/c1-3-13(4-2)8-10-6-5-9(12-10)7-11(14)15/h5-6,12H,3-4,7-8H2,1-2H3,(H,14,15). The average molecular weight is 210 g/mol. The molecule has 0 unspecified atom stereocenters. The summed E-state index contributed by atoms with van der Waals surface area (Å²) >= 11 is 0. The molecule has 0 amide bonds. The van der Waals surface area contributed by atoms with Gasteiger partial charge in [-0.25, -0.2) is 0 Å². The van der Waals surface area contributed by atoms with Crippen molar-refractivity contribution in [1.29, 1.82) is 0 Å². The van der Waals surface area contributed by atoms with Crippen molar-refractivity contribution in [2.45, 2.75) is 26.8 Å². The van der Waals surface area contributed by atoms with Gasteiger partial charge in [-0.15, -0.1) is 0 Å². The summed E-state index contributed by atoms with van der Waals surface area (Å²) in [5.41, 5.74) is 1.85. The molecule has 0 aliphatic heterocycles. The molecule has 1 heterocycles. The van der Waals surface area contributed by atoms with Crippen molar-refractivity contribution < 1.29 is 9.90 Å². The normalized spacial score (nSPS) is 10.9. The smallest absolute Gasteiger partial charge is 0.309 e. The molecular formula is C11H18N2O2. The summed E-state index contributed by atoms with van der Waals surface area (Å²) in [5, 5.41) is 8.62. The monoisotopic (exact) mass is 210 g/mol. The van der Waals surface area contributed by atoms with Crippen molar-refractivity contribution in [3.8, 4) is 0 Å². The van der Waals surface area contributed by atoms with Crippen LogP contribution in [0.25, 0.3) is 0 Å². The van der Waals surface area contributed by atoms with E-state index in [-0.39, 0.29) is 6.42 Å². The van der Waals surface area contributed by atoms with Gasteiger partial charge in [0.15, 0.2) is 0 Å². The van der Waals surface area contributed by atoms with Crippen LogP contribution in [0.1, 0.15) is 25.2 Å². The Labute approximate surface area is 89.9 Å². The number of aliphatic carboxylic acids is 1. The van der Waals surface area contributed by atoms with Crippen LogP contribution in [-0.4, -0.2) is 34.0 Å². The molecule has 0 bridgehead atoms. The van der Waals surface area contributed by atoms with Crippen LogP contribution < -0.4 is 0 Å². The maximum Gasteiger partial charge on any atom is 0.309 e. The van der Waals surface area contributed by atoms with E-state index in [4.69, 9.17) is 5.11 Å². The maximum absolute atomic E-state index is 10.5. The zero-order valence-electron chi connectivity index (χ0n) is 9.29. The van der Waals surface area contributed by atoms with Crippen molar-refractivity contribution in [3.63, 3.8) is 0 Å². The minimum Gasteiger partial charge on any atom is -0.481 e. The summed E-state index contributed by atoms with van der Waals surface area (Å²) in [6, 6.07) is 3.80. The van der Waals surface area contributed by atoms with Crippen LogP contribution in [0.3, 0.4) is 0 Å². The first-order chi connectivity index (χ1) is 7.15. The van der Waals surface area contributed by atoms with Gasteiger partial charge in [0.05, 0.1) is 6.42 Å². The zero-order chi connectivity index (χ0) is 11.3. The predicted molar refractivity (Wildman–Crippen MR) is 58.8 cm³/mol. The summed E-state index contributed by atoms with van der Waals surface area (Å²) in [7, 11) is 0. The first-order valence-corrected chi connectivity index (χ1v) is 5.26. The molecule has 0 saturated carbocycles. The molecule has 0 radical (unpaired) electrons. The Morgan fingerprint density at radius 2 is 1.93 bits per heavy atom. The molecule has 4 heteroatoms. The molecule has 1 aromatic heterocycles. The van der Waals surface area contributed by atoms with Crippen molar-refractivity contribution in [2.75, 3.05) is 13.1 Å². The van der Waals surface area contributed by atoms with Crippen LogP contribution in [0.5, 0.6) is 0 Å². The van der Waals surface area contributed by atoms with Gasteiger partial charge in [-0.2, -0.15) is 0 Å². The third-order valence-corrected chi connectivity index (χ3v) is 2.44. The average Bonchev–Trinajstić information content (AvgIpc) is 2.61. The zero-order valence-corrected chi connectivity index (χ0v) is 9.29. The molecule has 2 N–H and O–H groups in total. The Morgan fingerprint density at radius 3 is 2.47 bits per heavy atom. The number of carbonyl (C=O) groups is 1. The van der Waals surface area contributed by atoms with Gasteiger partial charge in [-0.3, -0.25) is 9.69 Å². The topological polar surface area (TPSA) is 56.3 Å². The Hall–Kier alpha value is -1.29. The van der Waals surface area contributed by atoms with Gasteiger partial charge in [-0.1, -0.05) is 13.8 Å². The van der Waals surface area contributed by atoms with Crippen LogP contribution in [-0.2, 0) is 17.8 Å². The largest absolute Gasteiger partial charge is 0.481 e. The lowest BCUT2D eigenvalue weighted by Crippen LogP contribution is -2.22. The number of aromatic amines is 1. The van der Waals surface area contributed by atoms with E-state index in [2.05, 4.69) is 23.7 Å². The highest BCUT2D eigenvalue weighted by molar-refractivity contribution is 5.69. The second-order valence-corrected chi connectivity index (χ2v) is 3.54. The Kier molecular flexibility index (Phi) is 4.37. The van der Waals surface area contributed by atoms with Crippen LogP contribution in [0.2, 0.25) is 0 Å². The van der Waals surface area contributed by atoms with E-state index in [1.54, 1.807) is 0 Å². The van der Waals surface area contributed by atoms with Gasteiger partial charge in [0.25, 0.3) is 0 Å². The van der Waals surface area contributed by atoms with Gasteiger partial charge in [0.1, 0.15) is 0 Å². The Morgan fingerprint density at radius 1 is 1.33 bits per heavy atom. The minimum absolute atomic E-state index is 0.0677. The van der Waals surface area contributed by atoms with Gasteiger partial charge in [0, 0.05) is 17.9 Å². The highest BCUT2D eigenvalue weighted by atomic mass is 16.4. The van der Waals surface area contributed by atoms with Crippen LogP contribution >= 0.6 is 0 Å². The van der Waals surface area contributed by atoms with Crippen LogP contribution in [0, 0.1) is 0 Å². The lowest BCUT2D eigenvalue weighted by molar-refractivity contribution is -0.136. The van der Waals surface area contributed by atoms with Crippen LogP contribution in [0.4, 0.5) is 0 Å². The fourth-order valence-electron chi connectivity index (χ4n) is 1.54.